The van der Waals surface area contributed by atoms with Gasteiger partial charge in [0, 0.05) is 24.4 Å². The predicted octanol–water partition coefficient (Wildman–Crippen LogP) is 2.99. The number of hydrogen-bond acceptors (Lipinski definition) is 4. The highest BCUT2D eigenvalue weighted by atomic mass is 16.2. The van der Waals surface area contributed by atoms with Crippen LogP contribution in [0.3, 0.4) is 0 Å². The third-order valence-corrected chi connectivity index (χ3v) is 5.32. The van der Waals surface area contributed by atoms with Crippen molar-refractivity contribution in [3.05, 3.63) is 71.4 Å². The molecule has 1 atom stereocenters. The number of para-hydroxylation sites is 1. The minimum absolute atomic E-state index is 0.0148. The molecule has 0 spiro atoms. The number of Topliss-reactive ketones (excluding diaryl/α,β-unsaturated/α-hetero) is 1. The average molecular weight is 374 g/mol. The highest BCUT2D eigenvalue weighted by Crippen LogP contribution is 2.33. The van der Waals surface area contributed by atoms with E-state index in [1.165, 1.54) is 4.90 Å². The van der Waals surface area contributed by atoms with Gasteiger partial charge in [-0.1, -0.05) is 42.5 Å². The van der Waals surface area contributed by atoms with Crippen molar-refractivity contribution < 1.29 is 9.59 Å². The maximum absolute atomic E-state index is 12.8. The van der Waals surface area contributed by atoms with Crippen LogP contribution in [0.15, 0.2) is 59.6 Å². The van der Waals surface area contributed by atoms with E-state index in [4.69, 9.17) is 5.73 Å². The lowest BCUT2D eigenvalue weighted by Crippen LogP contribution is -2.47. The lowest BCUT2D eigenvalue weighted by Gasteiger charge is -2.33. The fourth-order valence-corrected chi connectivity index (χ4v) is 3.60. The summed E-state index contributed by atoms with van der Waals surface area (Å²) in [7, 11) is 1.62. The summed E-state index contributed by atoms with van der Waals surface area (Å²) >= 11 is 0. The number of rotatable bonds is 4. The summed E-state index contributed by atoms with van der Waals surface area (Å²) in [6.45, 7) is 1.89. The first-order valence-electron chi connectivity index (χ1n) is 9.18. The minimum Gasteiger partial charge on any atom is -0.369 e. The van der Waals surface area contributed by atoms with Crippen molar-refractivity contribution >= 4 is 28.6 Å². The van der Waals surface area contributed by atoms with Crippen LogP contribution in [-0.2, 0) is 16.8 Å². The van der Waals surface area contributed by atoms with Gasteiger partial charge in [0.1, 0.15) is 0 Å². The van der Waals surface area contributed by atoms with Gasteiger partial charge in [0.25, 0.3) is 0 Å². The molecule has 2 aromatic carbocycles. The second-order valence-corrected chi connectivity index (χ2v) is 7.44. The molecule has 1 aromatic heterocycles. The van der Waals surface area contributed by atoms with E-state index in [2.05, 4.69) is 9.98 Å². The molecule has 0 saturated carbocycles. The molecule has 0 saturated heterocycles. The molecule has 4 rings (SSSR count). The number of aromatic nitrogens is 1. The molecule has 1 aliphatic rings. The van der Waals surface area contributed by atoms with Crippen molar-refractivity contribution in [2.24, 2.45) is 10.7 Å². The fraction of sp³-hybridized carbons (Fsp3) is 0.227. The first kappa shape index (κ1) is 18.0. The van der Waals surface area contributed by atoms with E-state index in [-0.39, 0.29) is 30.5 Å². The van der Waals surface area contributed by atoms with Crippen molar-refractivity contribution in [1.29, 1.82) is 0 Å². The molecular formula is C22H22N4O2. The number of H-pyrrole nitrogens is 1. The molecule has 3 aromatic rings. The molecule has 1 aliphatic heterocycles. The van der Waals surface area contributed by atoms with Crippen LogP contribution in [0.4, 0.5) is 0 Å². The topological polar surface area (TPSA) is 91.5 Å². The Kier molecular flexibility index (Phi) is 4.26. The quantitative estimate of drug-likeness (QED) is 0.688. The van der Waals surface area contributed by atoms with E-state index in [1.807, 2.05) is 61.5 Å². The van der Waals surface area contributed by atoms with E-state index < -0.39 is 5.54 Å². The fourth-order valence-electron chi connectivity index (χ4n) is 3.60. The van der Waals surface area contributed by atoms with Gasteiger partial charge >= 0.3 is 0 Å². The lowest BCUT2D eigenvalue weighted by atomic mass is 9.86. The number of benzene rings is 2. The van der Waals surface area contributed by atoms with Crippen LogP contribution in [0.5, 0.6) is 0 Å². The summed E-state index contributed by atoms with van der Waals surface area (Å²) in [5.74, 6) is 0.147. The molecule has 6 nitrogen and oxygen atoms in total. The summed E-state index contributed by atoms with van der Waals surface area (Å²) in [6.07, 6.45) is 0.507. The summed E-state index contributed by atoms with van der Waals surface area (Å²) in [5, 5.41) is 1.02. The van der Waals surface area contributed by atoms with Crippen LogP contribution < -0.4 is 5.73 Å². The largest absolute Gasteiger partial charge is 0.369 e. The number of fused-ring (bicyclic) bond motifs is 1. The zero-order valence-electron chi connectivity index (χ0n) is 15.9. The Morgan fingerprint density at radius 3 is 2.75 bits per heavy atom. The average Bonchev–Trinajstić information content (AvgIpc) is 3.11. The number of aromatic amines is 1. The van der Waals surface area contributed by atoms with Crippen molar-refractivity contribution in [3.63, 3.8) is 0 Å². The minimum atomic E-state index is -0.728. The van der Waals surface area contributed by atoms with E-state index in [9.17, 15) is 9.59 Å². The smallest absolute Gasteiger partial charge is 0.231 e. The van der Waals surface area contributed by atoms with Crippen LogP contribution >= 0.6 is 0 Å². The summed E-state index contributed by atoms with van der Waals surface area (Å²) in [5.41, 5.74) is 8.47. The van der Waals surface area contributed by atoms with Crippen LogP contribution in [0, 0.1) is 0 Å². The van der Waals surface area contributed by atoms with E-state index >= 15 is 0 Å². The third kappa shape index (κ3) is 3.17. The summed E-state index contributed by atoms with van der Waals surface area (Å²) in [6, 6.07) is 17.4. The molecule has 0 radical (unpaired) electrons. The van der Waals surface area contributed by atoms with Crippen LogP contribution in [0.25, 0.3) is 10.9 Å². The number of hydrogen-bond donors (Lipinski definition) is 2. The van der Waals surface area contributed by atoms with Crippen molar-refractivity contribution in [2.45, 2.75) is 25.3 Å². The maximum atomic E-state index is 12.8. The van der Waals surface area contributed by atoms with E-state index in [0.29, 0.717) is 5.69 Å². The highest BCUT2D eigenvalue weighted by Gasteiger charge is 2.36. The van der Waals surface area contributed by atoms with Crippen molar-refractivity contribution in [1.82, 2.24) is 9.88 Å². The Labute approximate surface area is 163 Å². The monoisotopic (exact) mass is 374 g/mol. The molecule has 3 N–H and O–H groups in total. The second-order valence-electron chi connectivity index (χ2n) is 7.44. The maximum Gasteiger partial charge on any atom is 0.231 e. The normalized spacial score (nSPS) is 19.7. The van der Waals surface area contributed by atoms with E-state index in [0.717, 1.165) is 22.0 Å². The highest BCUT2D eigenvalue weighted by molar-refractivity contribution is 6.00. The molecule has 6 heteroatoms. The number of carbonyl (C=O) groups is 2. The van der Waals surface area contributed by atoms with Gasteiger partial charge in [-0.25, -0.2) is 4.99 Å². The van der Waals surface area contributed by atoms with Gasteiger partial charge in [0.15, 0.2) is 11.7 Å². The van der Waals surface area contributed by atoms with Gasteiger partial charge in [0.05, 0.1) is 17.7 Å². The van der Waals surface area contributed by atoms with E-state index in [1.54, 1.807) is 7.05 Å². The molecule has 28 heavy (non-hydrogen) atoms. The molecule has 142 valence electrons. The summed E-state index contributed by atoms with van der Waals surface area (Å²) in [4.78, 5) is 34.1. The SMILES string of the molecule is CN1C(=O)CC(C)(c2cccc(CC(=O)c3cc4ccccc4[nH]3)c2)N=C1N. The number of aliphatic imine (C=N–C) groups is 1. The van der Waals surface area contributed by atoms with Crippen LogP contribution in [-0.4, -0.2) is 34.6 Å². The zero-order valence-corrected chi connectivity index (χ0v) is 15.9. The Balaban J connectivity index is 1.60. The zero-order chi connectivity index (χ0) is 19.9. The molecule has 1 unspecified atom stereocenters. The molecule has 0 aliphatic carbocycles. The van der Waals surface area contributed by atoms with Crippen LogP contribution in [0.2, 0.25) is 0 Å². The number of nitrogens with two attached hydrogens (primary N) is 1. The first-order valence-corrected chi connectivity index (χ1v) is 9.18. The standard InChI is InChI=1S/C22H22N4O2/c1-22(13-20(28)26(2)21(23)25-22)16-8-5-6-14(10-16)11-19(27)18-12-15-7-3-4-9-17(15)24-18/h3-10,12,24H,11,13H2,1-2H3,(H2,23,25). The van der Waals surface area contributed by atoms with Gasteiger partial charge in [-0.2, -0.15) is 0 Å². The van der Waals surface area contributed by atoms with Gasteiger partial charge < -0.3 is 10.7 Å². The van der Waals surface area contributed by atoms with Gasteiger partial charge in [-0.15, -0.1) is 0 Å². The number of ketones is 1. The predicted molar refractivity (Wildman–Crippen MR) is 109 cm³/mol. The van der Waals surface area contributed by atoms with Crippen molar-refractivity contribution in [2.75, 3.05) is 7.05 Å². The molecule has 0 fully saturated rings. The molecule has 0 bridgehead atoms. The van der Waals surface area contributed by atoms with Gasteiger partial charge in [0.2, 0.25) is 5.91 Å². The number of nitrogens with one attached hydrogen (secondary N) is 1. The Morgan fingerprint density at radius 1 is 1.21 bits per heavy atom. The van der Waals surface area contributed by atoms with Crippen molar-refractivity contribution in [3.8, 4) is 0 Å². The number of carbonyl (C=O) groups excluding carboxylic acids is 2. The van der Waals surface area contributed by atoms with Gasteiger partial charge in [-0.3, -0.25) is 14.5 Å². The number of guanidine groups is 1. The summed E-state index contributed by atoms with van der Waals surface area (Å²) < 4.78 is 0. The Hall–Kier alpha value is -3.41. The molecule has 1 amide bonds. The lowest BCUT2D eigenvalue weighted by molar-refractivity contribution is -0.128. The third-order valence-electron chi connectivity index (χ3n) is 5.32. The van der Waals surface area contributed by atoms with Gasteiger partial charge in [-0.05, 0) is 30.2 Å². The number of amides is 1. The Morgan fingerprint density at radius 2 is 2.00 bits per heavy atom. The number of nitrogens with zero attached hydrogens (tertiary/aromatic N) is 2. The second kappa shape index (κ2) is 6.64. The van der Waals surface area contributed by atoms with Crippen LogP contribution in [0.1, 0.15) is 35.0 Å². The Bertz CT molecular complexity index is 1080. The molecular weight excluding hydrogens is 352 g/mol. The first-order chi connectivity index (χ1) is 13.4. The molecule has 2 heterocycles.